The molecular weight excluding hydrogens is 352 g/mol. The molecule has 1 amide bonds. The van der Waals surface area contributed by atoms with Crippen LogP contribution in [0.4, 0.5) is 11.4 Å². The maximum Gasteiger partial charge on any atom is 0.248 e. The van der Waals surface area contributed by atoms with Gasteiger partial charge in [-0.15, -0.1) is 0 Å². The highest BCUT2D eigenvalue weighted by molar-refractivity contribution is 7.92. The van der Waals surface area contributed by atoms with E-state index < -0.39 is 16.1 Å². The Morgan fingerprint density at radius 3 is 2.19 bits per heavy atom. The van der Waals surface area contributed by atoms with Crippen molar-refractivity contribution in [2.75, 3.05) is 22.5 Å². The molecule has 0 saturated heterocycles. The summed E-state index contributed by atoms with van der Waals surface area (Å²) in [4.78, 5) is 12.8. The number of ether oxygens (including phenoxy) is 1. The molecule has 0 saturated carbocycles. The molecule has 0 aliphatic carbocycles. The number of nitrogens with zero attached hydrogens (tertiary/aromatic N) is 1. The fraction of sp³-hybridized carbons (Fsp3) is 0.316. The normalized spacial score (nSPS) is 12.3. The van der Waals surface area contributed by atoms with E-state index in [1.54, 1.807) is 61.5 Å². The molecule has 2 aromatic rings. The van der Waals surface area contributed by atoms with Gasteiger partial charge in [0.15, 0.2) is 0 Å². The van der Waals surface area contributed by atoms with Gasteiger partial charge in [0.1, 0.15) is 11.8 Å². The Bertz CT molecular complexity index is 820. The van der Waals surface area contributed by atoms with Crippen molar-refractivity contribution in [3.63, 3.8) is 0 Å². The molecule has 1 N–H and O–H groups in total. The fourth-order valence-corrected chi connectivity index (χ4v) is 3.87. The second-order valence-corrected chi connectivity index (χ2v) is 7.62. The Morgan fingerprint density at radius 1 is 1.08 bits per heavy atom. The molecule has 26 heavy (non-hydrogen) atoms. The van der Waals surface area contributed by atoms with Gasteiger partial charge in [-0.1, -0.05) is 25.1 Å². The molecule has 1 atom stereocenters. The molecule has 6 nitrogen and oxygen atoms in total. The summed E-state index contributed by atoms with van der Waals surface area (Å²) in [5.74, 6) is 0.325. The minimum absolute atomic E-state index is 0.338. The summed E-state index contributed by atoms with van der Waals surface area (Å²) in [5, 5.41) is 2.78. The zero-order chi connectivity index (χ0) is 19.2. The van der Waals surface area contributed by atoms with Crippen molar-refractivity contribution < 1.29 is 17.9 Å². The van der Waals surface area contributed by atoms with Crippen LogP contribution in [0.25, 0.3) is 0 Å². The van der Waals surface area contributed by atoms with E-state index in [2.05, 4.69) is 5.32 Å². The monoisotopic (exact) mass is 376 g/mol. The van der Waals surface area contributed by atoms with Gasteiger partial charge in [0.25, 0.3) is 0 Å². The molecular formula is C19H24N2O4S. The Hall–Kier alpha value is -2.54. The van der Waals surface area contributed by atoms with Gasteiger partial charge in [-0.2, -0.15) is 0 Å². The Kier molecular flexibility index (Phi) is 6.63. The van der Waals surface area contributed by atoms with Gasteiger partial charge in [0.05, 0.1) is 18.6 Å². The van der Waals surface area contributed by atoms with E-state index >= 15 is 0 Å². The van der Waals surface area contributed by atoms with Gasteiger partial charge >= 0.3 is 0 Å². The second-order valence-electron chi connectivity index (χ2n) is 5.77. The number of hydrogen-bond acceptors (Lipinski definition) is 4. The number of carbonyl (C=O) groups is 1. The van der Waals surface area contributed by atoms with Crippen LogP contribution in [0.2, 0.25) is 0 Å². The molecule has 0 spiro atoms. The first-order valence-corrected chi connectivity index (χ1v) is 10.3. The number of sulfonamides is 1. The Labute approximate surface area is 154 Å². The van der Waals surface area contributed by atoms with Gasteiger partial charge in [-0.05, 0) is 49.7 Å². The van der Waals surface area contributed by atoms with Crippen LogP contribution in [0, 0.1) is 0 Å². The lowest BCUT2D eigenvalue weighted by atomic mass is 10.2. The third kappa shape index (κ3) is 4.98. The summed E-state index contributed by atoms with van der Waals surface area (Å²) in [6, 6.07) is 14.7. The fourth-order valence-electron chi connectivity index (χ4n) is 2.66. The number of nitrogens with one attached hydrogen (secondary N) is 1. The van der Waals surface area contributed by atoms with Gasteiger partial charge in [0, 0.05) is 5.69 Å². The minimum atomic E-state index is -3.63. The molecule has 0 fully saturated rings. The lowest BCUT2D eigenvalue weighted by Gasteiger charge is -2.30. The number of para-hydroxylation sites is 1. The summed E-state index contributed by atoms with van der Waals surface area (Å²) in [7, 11) is -3.63. The minimum Gasteiger partial charge on any atom is -0.494 e. The zero-order valence-electron chi connectivity index (χ0n) is 15.2. The van der Waals surface area contributed by atoms with Crippen molar-refractivity contribution in [2.24, 2.45) is 0 Å². The number of hydrogen-bond donors (Lipinski definition) is 1. The van der Waals surface area contributed by atoms with Crippen molar-refractivity contribution in [1.29, 1.82) is 0 Å². The SMILES string of the molecule is CCOc1ccc(NC(=O)[C@@H](CC)N(c2ccccc2)S(C)(=O)=O)cc1. The molecule has 0 unspecified atom stereocenters. The first-order chi connectivity index (χ1) is 12.4. The summed E-state index contributed by atoms with van der Waals surface area (Å²) in [5.41, 5.74) is 1.04. The van der Waals surface area contributed by atoms with Crippen molar-refractivity contribution in [3.05, 3.63) is 54.6 Å². The van der Waals surface area contributed by atoms with E-state index in [-0.39, 0.29) is 5.91 Å². The average Bonchev–Trinajstić information content (AvgIpc) is 2.61. The third-order valence-electron chi connectivity index (χ3n) is 3.77. The van der Waals surface area contributed by atoms with Crippen LogP contribution in [-0.2, 0) is 14.8 Å². The van der Waals surface area contributed by atoms with Crippen molar-refractivity contribution in [3.8, 4) is 5.75 Å². The van der Waals surface area contributed by atoms with Crippen LogP contribution in [0.1, 0.15) is 20.3 Å². The highest BCUT2D eigenvalue weighted by atomic mass is 32.2. The number of carbonyl (C=O) groups excluding carboxylic acids is 1. The summed E-state index contributed by atoms with van der Waals surface area (Å²) >= 11 is 0. The Balaban J connectivity index is 2.25. The lowest BCUT2D eigenvalue weighted by molar-refractivity contribution is -0.117. The molecule has 0 bridgehead atoms. The molecule has 0 aliphatic heterocycles. The molecule has 2 rings (SSSR count). The second kappa shape index (κ2) is 8.71. The van der Waals surface area contributed by atoms with E-state index in [0.717, 1.165) is 10.6 Å². The van der Waals surface area contributed by atoms with Crippen LogP contribution >= 0.6 is 0 Å². The summed E-state index contributed by atoms with van der Waals surface area (Å²) in [6.07, 6.45) is 1.44. The highest BCUT2D eigenvalue weighted by Crippen LogP contribution is 2.23. The van der Waals surface area contributed by atoms with Crippen molar-refractivity contribution >= 4 is 27.3 Å². The zero-order valence-corrected chi connectivity index (χ0v) is 16.0. The summed E-state index contributed by atoms with van der Waals surface area (Å²) in [6.45, 7) is 4.23. The first kappa shape index (κ1) is 19.8. The topological polar surface area (TPSA) is 75.7 Å². The van der Waals surface area contributed by atoms with E-state index in [1.807, 2.05) is 6.92 Å². The first-order valence-electron chi connectivity index (χ1n) is 8.45. The van der Waals surface area contributed by atoms with Crippen LogP contribution < -0.4 is 14.4 Å². The Morgan fingerprint density at radius 2 is 1.69 bits per heavy atom. The van der Waals surface area contributed by atoms with Crippen LogP contribution in [0.3, 0.4) is 0 Å². The van der Waals surface area contributed by atoms with Crippen LogP contribution in [-0.4, -0.2) is 33.2 Å². The van der Waals surface area contributed by atoms with Crippen LogP contribution in [0.5, 0.6) is 5.75 Å². The largest absolute Gasteiger partial charge is 0.494 e. The predicted molar refractivity (Wildman–Crippen MR) is 104 cm³/mol. The molecule has 7 heteroatoms. The number of amides is 1. The van der Waals surface area contributed by atoms with E-state index in [4.69, 9.17) is 4.74 Å². The third-order valence-corrected chi connectivity index (χ3v) is 4.95. The van der Waals surface area contributed by atoms with E-state index in [1.165, 1.54) is 0 Å². The molecule has 0 radical (unpaired) electrons. The quantitative estimate of drug-likeness (QED) is 0.767. The molecule has 0 heterocycles. The maximum atomic E-state index is 12.8. The van der Waals surface area contributed by atoms with Crippen molar-refractivity contribution in [1.82, 2.24) is 0 Å². The van der Waals surface area contributed by atoms with Gasteiger partial charge in [0.2, 0.25) is 15.9 Å². The lowest BCUT2D eigenvalue weighted by Crippen LogP contribution is -2.46. The maximum absolute atomic E-state index is 12.8. The number of anilines is 2. The van der Waals surface area contributed by atoms with Crippen LogP contribution in [0.15, 0.2) is 54.6 Å². The molecule has 0 aromatic heterocycles. The smallest absolute Gasteiger partial charge is 0.248 e. The van der Waals surface area contributed by atoms with Gasteiger partial charge in [-0.3, -0.25) is 9.10 Å². The molecule has 0 aliphatic rings. The molecule has 2 aromatic carbocycles. The standard InChI is InChI=1S/C19H24N2O4S/c1-4-18(21(26(3,23)24)16-9-7-6-8-10-16)19(22)20-15-11-13-17(14-12-15)25-5-2/h6-14,18H,4-5H2,1-3H3,(H,20,22)/t18-/m1/s1. The highest BCUT2D eigenvalue weighted by Gasteiger charge is 2.31. The average molecular weight is 376 g/mol. The molecule has 140 valence electrons. The van der Waals surface area contributed by atoms with Crippen molar-refractivity contribution in [2.45, 2.75) is 26.3 Å². The number of rotatable bonds is 8. The van der Waals surface area contributed by atoms with E-state index in [0.29, 0.717) is 30.2 Å². The van der Waals surface area contributed by atoms with Gasteiger partial charge in [-0.25, -0.2) is 8.42 Å². The summed E-state index contributed by atoms with van der Waals surface area (Å²) < 4.78 is 31.2. The number of benzene rings is 2. The van der Waals surface area contributed by atoms with E-state index in [9.17, 15) is 13.2 Å². The predicted octanol–water partition coefficient (Wildman–Crippen LogP) is 3.27. The van der Waals surface area contributed by atoms with Gasteiger partial charge < -0.3 is 10.1 Å².